The van der Waals surface area contributed by atoms with Crippen LogP contribution in [-0.4, -0.2) is 27.6 Å². The Morgan fingerprint density at radius 1 is 1.12 bits per heavy atom. The normalized spacial score (nSPS) is 11.2. The Bertz CT molecular complexity index is 863. The predicted octanol–water partition coefficient (Wildman–Crippen LogP) is 3.71. The third kappa shape index (κ3) is 4.87. The van der Waals surface area contributed by atoms with E-state index in [4.69, 9.17) is 16.3 Å². The third-order valence-corrected chi connectivity index (χ3v) is 4.85. The first-order valence-electron chi connectivity index (χ1n) is 7.40. The van der Waals surface area contributed by atoms with Crippen molar-refractivity contribution in [3.8, 4) is 5.75 Å². The van der Waals surface area contributed by atoms with Gasteiger partial charge in [0.05, 0.1) is 34.4 Å². The minimum absolute atomic E-state index is 0.0135. The van der Waals surface area contributed by atoms with Crippen molar-refractivity contribution in [2.75, 3.05) is 11.8 Å². The lowest BCUT2D eigenvalue weighted by Crippen LogP contribution is -2.14. The number of halogens is 1. The van der Waals surface area contributed by atoms with Gasteiger partial charge >= 0.3 is 5.97 Å². The molecule has 0 aromatic heterocycles. The Morgan fingerprint density at radius 3 is 2.32 bits per heavy atom. The van der Waals surface area contributed by atoms with E-state index < -0.39 is 16.0 Å². The monoisotopic (exact) mass is 383 g/mol. The second-order valence-corrected chi connectivity index (χ2v) is 7.52. The zero-order valence-corrected chi connectivity index (χ0v) is 15.5. The summed E-state index contributed by atoms with van der Waals surface area (Å²) in [5.41, 5.74) is 0.275. The lowest BCUT2D eigenvalue weighted by atomic mass is 10.2. The van der Waals surface area contributed by atoms with Gasteiger partial charge in [-0.3, -0.25) is 4.72 Å². The first kappa shape index (κ1) is 19.1. The number of hydrogen-bond acceptors (Lipinski definition) is 5. The molecule has 0 amide bonds. The number of sulfonamides is 1. The topological polar surface area (TPSA) is 81.7 Å². The molecule has 0 saturated heterocycles. The van der Waals surface area contributed by atoms with Gasteiger partial charge in [0.2, 0.25) is 0 Å². The summed E-state index contributed by atoms with van der Waals surface area (Å²) in [6.45, 7) is 3.75. The summed E-state index contributed by atoms with van der Waals surface area (Å²) in [4.78, 5) is 11.6. The average Bonchev–Trinajstić information content (AvgIpc) is 2.56. The molecule has 6 nitrogen and oxygen atoms in total. The number of benzene rings is 2. The highest BCUT2D eigenvalue weighted by molar-refractivity contribution is 7.92. The van der Waals surface area contributed by atoms with Gasteiger partial charge in [0, 0.05) is 0 Å². The molecule has 2 rings (SSSR count). The highest BCUT2D eigenvalue weighted by atomic mass is 35.5. The van der Waals surface area contributed by atoms with Crippen LogP contribution in [0, 0.1) is 0 Å². The fourth-order valence-corrected chi connectivity index (χ4v) is 3.31. The van der Waals surface area contributed by atoms with Gasteiger partial charge < -0.3 is 9.47 Å². The minimum Gasteiger partial charge on any atom is -0.491 e. The van der Waals surface area contributed by atoms with Gasteiger partial charge in [-0.05, 0) is 56.3 Å². The summed E-state index contributed by atoms with van der Waals surface area (Å²) in [5.74, 6) is -0.0213. The van der Waals surface area contributed by atoms with Crippen molar-refractivity contribution in [1.82, 2.24) is 0 Å². The SMILES string of the molecule is COC(=O)c1ccc(Cl)c(NS(=O)(=O)c2ccc(OC(C)C)cc2)c1. The van der Waals surface area contributed by atoms with E-state index in [-0.39, 0.29) is 27.3 Å². The van der Waals surface area contributed by atoms with Crippen LogP contribution in [-0.2, 0) is 14.8 Å². The van der Waals surface area contributed by atoms with Crippen LogP contribution in [0.15, 0.2) is 47.4 Å². The lowest BCUT2D eigenvalue weighted by molar-refractivity contribution is 0.0601. The van der Waals surface area contributed by atoms with Crippen LogP contribution in [0.25, 0.3) is 0 Å². The quantitative estimate of drug-likeness (QED) is 0.769. The van der Waals surface area contributed by atoms with Crippen molar-refractivity contribution in [2.45, 2.75) is 24.8 Å². The first-order chi connectivity index (χ1) is 11.7. The molecular weight excluding hydrogens is 366 g/mol. The second kappa shape index (κ2) is 7.76. The Hall–Kier alpha value is -2.25. The van der Waals surface area contributed by atoms with Crippen LogP contribution < -0.4 is 9.46 Å². The Kier molecular flexibility index (Phi) is 5.92. The fraction of sp³-hybridized carbons (Fsp3) is 0.235. The number of ether oxygens (including phenoxy) is 2. The molecule has 0 aliphatic rings. The smallest absolute Gasteiger partial charge is 0.337 e. The van der Waals surface area contributed by atoms with E-state index in [1.165, 1.54) is 37.4 Å². The van der Waals surface area contributed by atoms with Crippen LogP contribution in [0.4, 0.5) is 5.69 Å². The maximum absolute atomic E-state index is 12.5. The molecule has 0 fully saturated rings. The molecule has 2 aromatic carbocycles. The zero-order valence-electron chi connectivity index (χ0n) is 13.9. The molecule has 2 aromatic rings. The van der Waals surface area contributed by atoms with Gasteiger partial charge in [-0.15, -0.1) is 0 Å². The summed E-state index contributed by atoms with van der Waals surface area (Å²) in [6, 6.07) is 10.2. The van der Waals surface area contributed by atoms with E-state index in [2.05, 4.69) is 9.46 Å². The van der Waals surface area contributed by atoms with Crippen molar-refractivity contribution >= 4 is 33.3 Å². The standard InChI is InChI=1S/C17H18ClNO5S/c1-11(2)24-13-5-7-14(8-6-13)25(21,22)19-16-10-12(17(20)23-3)4-9-15(16)18/h4-11,19H,1-3H3. The molecule has 0 unspecified atom stereocenters. The van der Waals surface area contributed by atoms with Gasteiger partial charge in [-0.1, -0.05) is 11.6 Å². The largest absolute Gasteiger partial charge is 0.491 e. The van der Waals surface area contributed by atoms with Crippen LogP contribution in [0.1, 0.15) is 24.2 Å². The summed E-state index contributed by atoms with van der Waals surface area (Å²) in [6.07, 6.45) is -0.0135. The van der Waals surface area contributed by atoms with Gasteiger partial charge in [-0.2, -0.15) is 0 Å². The first-order valence-corrected chi connectivity index (χ1v) is 9.26. The Labute approximate surface area is 151 Å². The highest BCUT2D eigenvalue weighted by Crippen LogP contribution is 2.27. The second-order valence-electron chi connectivity index (χ2n) is 5.43. The minimum atomic E-state index is -3.87. The van der Waals surface area contributed by atoms with Crippen LogP contribution in [0.2, 0.25) is 5.02 Å². The van der Waals surface area contributed by atoms with Gasteiger partial charge in [-0.25, -0.2) is 13.2 Å². The lowest BCUT2D eigenvalue weighted by Gasteiger charge is -2.12. The van der Waals surface area contributed by atoms with E-state index in [1.54, 1.807) is 12.1 Å². The predicted molar refractivity (Wildman–Crippen MR) is 95.8 cm³/mol. The highest BCUT2D eigenvalue weighted by Gasteiger charge is 2.17. The number of nitrogens with one attached hydrogen (secondary N) is 1. The number of anilines is 1. The van der Waals surface area contributed by atoms with Crippen LogP contribution >= 0.6 is 11.6 Å². The molecule has 0 radical (unpaired) electrons. The van der Waals surface area contributed by atoms with Crippen LogP contribution in [0.3, 0.4) is 0 Å². The molecule has 0 aliphatic heterocycles. The summed E-state index contributed by atoms with van der Waals surface area (Å²) in [7, 11) is -2.63. The maximum atomic E-state index is 12.5. The Morgan fingerprint density at radius 2 is 1.76 bits per heavy atom. The average molecular weight is 384 g/mol. The number of carbonyl (C=O) groups is 1. The number of methoxy groups -OCH3 is 1. The molecule has 134 valence electrons. The molecule has 0 spiro atoms. The van der Waals surface area contributed by atoms with Crippen LogP contribution in [0.5, 0.6) is 5.75 Å². The molecule has 0 saturated carbocycles. The third-order valence-electron chi connectivity index (χ3n) is 3.14. The Balaban J connectivity index is 2.28. The summed E-state index contributed by atoms with van der Waals surface area (Å²) < 4.78 is 37.5. The van der Waals surface area contributed by atoms with E-state index in [0.29, 0.717) is 5.75 Å². The van der Waals surface area contributed by atoms with E-state index in [1.807, 2.05) is 13.8 Å². The van der Waals surface area contributed by atoms with Crippen molar-refractivity contribution in [3.05, 3.63) is 53.1 Å². The van der Waals surface area contributed by atoms with Crippen molar-refractivity contribution < 1.29 is 22.7 Å². The number of carbonyl (C=O) groups excluding carboxylic acids is 1. The van der Waals surface area contributed by atoms with Gasteiger partial charge in [0.15, 0.2) is 0 Å². The summed E-state index contributed by atoms with van der Waals surface area (Å²) >= 11 is 6.02. The number of rotatable bonds is 6. The molecular formula is C17H18ClNO5S. The molecule has 0 bridgehead atoms. The van der Waals surface area contributed by atoms with E-state index in [9.17, 15) is 13.2 Å². The fourth-order valence-electron chi connectivity index (χ4n) is 2.02. The molecule has 8 heteroatoms. The van der Waals surface area contributed by atoms with Crippen molar-refractivity contribution in [3.63, 3.8) is 0 Å². The van der Waals surface area contributed by atoms with Gasteiger partial charge in [0.1, 0.15) is 5.75 Å². The molecule has 25 heavy (non-hydrogen) atoms. The molecule has 0 heterocycles. The molecule has 0 atom stereocenters. The number of esters is 1. The maximum Gasteiger partial charge on any atom is 0.337 e. The van der Waals surface area contributed by atoms with Crippen molar-refractivity contribution in [2.24, 2.45) is 0 Å². The van der Waals surface area contributed by atoms with E-state index >= 15 is 0 Å². The molecule has 0 aliphatic carbocycles. The van der Waals surface area contributed by atoms with E-state index in [0.717, 1.165) is 0 Å². The number of hydrogen-bond donors (Lipinski definition) is 1. The zero-order chi connectivity index (χ0) is 18.6. The summed E-state index contributed by atoms with van der Waals surface area (Å²) in [5, 5.41) is 0.163. The molecule has 1 N–H and O–H groups in total. The van der Waals surface area contributed by atoms with Crippen molar-refractivity contribution in [1.29, 1.82) is 0 Å². The van der Waals surface area contributed by atoms with Gasteiger partial charge in [0.25, 0.3) is 10.0 Å².